The fourth-order valence-corrected chi connectivity index (χ4v) is 8.18. The maximum Gasteiger partial charge on any atom is 0.233 e. The molecule has 232 valence electrons. The first-order chi connectivity index (χ1) is 21.7. The Morgan fingerprint density at radius 1 is 0.956 bits per heavy atom. The monoisotopic (exact) mass is 598 g/mol. The van der Waals surface area contributed by atoms with Crippen molar-refractivity contribution in [1.29, 1.82) is 0 Å². The second-order valence-corrected chi connectivity index (χ2v) is 14.2. The second kappa shape index (κ2) is 11.8. The molecule has 2 fully saturated rings. The van der Waals surface area contributed by atoms with Gasteiger partial charge in [0.05, 0.1) is 16.6 Å². The molecule has 0 saturated carbocycles. The van der Waals surface area contributed by atoms with Crippen molar-refractivity contribution in [3.05, 3.63) is 101 Å². The molecule has 7 rings (SSSR count). The van der Waals surface area contributed by atoms with Gasteiger partial charge in [-0.25, -0.2) is 0 Å². The number of carbonyl (C=O) groups excluding carboxylic acids is 1. The normalized spacial score (nSPS) is 18.7. The molecule has 45 heavy (non-hydrogen) atoms. The SMILES string of the molecule is Cc1cc(C)cc(-c2[nH]c3ccc(C(C)(C)C(=O)N4C5CCC4CC5)cc3c2[C@H](C)CNCCc2cccc3ncccc23)c1. The van der Waals surface area contributed by atoms with Crippen LogP contribution in [0.3, 0.4) is 0 Å². The molecule has 2 aliphatic rings. The van der Waals surface area contributed by atoms with Gasteiger partial charge in [0.1, 0.15) is 0 Å². The molecule has 5 aromatic rings. The summed E-state index contributed by atoms with van der Waals surface area (Å²) < 4.78 is 0. The number of nitrogens with zero attached hydrogens (tertiary/aromatic N) is 2. The molecular weight excluding hydrogens is 552 g/mol. The summed E-state index contributed by atoms with van der Waals surface area (Å²) in [5.74, 6) is 0.545. The molecule has 2 N–H and O–H groups in total. The molecule has 1 amide bonds. The van der Waals surface area contributed by atoms with E-state index >= 15 is 0 Å². The van der Waals surface area contributed by atoms with Crippen molar-refractivity contribution in [2.24, 2.45) is 0 Å². The second-order valence-electron chi connectivity index (χ2n) is 14.2. The van der Waals surface area contributed by atoms with E-state index in [1.165, 1.54) is 44.3 Å². The van der Waals surface area contributed by atoms with Crippen molar-refractivity contribution in [2.45, 2.75) is 90.1 Å². The summed E-state index contributed by atoms with van der Waals surface area (Å²) in [7, 11) is 0. The van der Waals surface area contributed by atoms with Crippen LogP contribution in [0.25, 0.3) is 33.1 Å². The van der Waals surface area contributed by atoms with E-state index in [0.717, 1.165) is 61.8 Å². The number of rotatable bonds is 9. The van der Waals surface area contributed by atoms with E-state index in [9.17, 15) is 4.79 Å². The molecule has 1 atom stereocenters. The Kier molecular flexibility index (Phi) is 7.77. The average molecular weight is 599 g/mol. The zero-order valence-electron chi connectivity index (χ0n) is 27.4. The Labute approximate surface area is 267 Å². The van der Waals surface area contributed by atoms with E-state index in [-0.39, 0.29) is 11.8 Å². The lowest BCUT2D eigenvalue weighted by Crippen LogP contribution is -2.45. The fourth-order valence-electron chi connectivity index (χ4n) is 8.18. The molecule has 5 heteroatoms. The van der Waals surface area contributed by atoms with Gasteiger partial charge < -0.3 is 15.2 Å². The van der Waals surface area contributed by atoms with Crippen LogP contribution in [0.4, 0.5) is 0 Å². The first kappa shape index (κ1) is 29.7. The molecule has 4 heterocycles. The average Bonchev–Trinajstić information content (AvgIpc) is 3.74. The molecule has 2 aromatic heterocycles. The minimum absolute atomic E-state index is 0.257. The summed E-state index contributed by atoms with van der Waals surface area (Å²) in [6.45, 7) is 12.7. The summed E-state index contributed by atoms with van der Waals surface area (Å²) in [5.41, 5.74) is 10.3. The maximum atomic E-state index is 14.1. The molecule has 3 aromatic carbocycles. The smallest absolute Gasteiger partial charge is 0.233 e. The minimum atomic E-state index is -0.581. The van der Waals surface area contributed by atoms with Gasteiger partial charge in [0, 0.05) is 41.1 Å². The van der Waals surface area contributed by atoms with E-state index in [4.69, 9.17) is 0 Å². The van der Waals surface area contributed by atoms with Gasteiger partial charge in [-0.3, -0.25) is 9.78 Å². The number of aromatic nitrogens is 2. The molecule has 2 bridgehead atoms. The molecule has 0 unspecified atom stereocenters. The number of fused-ring (bicyclic) bond motifs is 4. The summed E-state index contributed by atoms with van der Waals surface area (Å²) >= 11 is 0. The predicted molar refractivity (Wildman–Crippen MR) is 186 cm³/mol. The lowest BCUT2D eigenvalue weighted by atomic mass is 9.81. The number of benzene rings is 3. The van der Waals surface area contributed by atoms with Gasteiger partial charge in [0.25, 0.3) is 0 Å². The van der Waals surface area contributed by atoms with Gasteiger partial charge in [0.15, 0.2) is 0 Å². The number of aryl methyl sites for hydroxylation is 2. The number of pyridine rings is 1. The first-order valence-electron chi connectivity index (χ1n) is 16.8. The number of nitrogens with one attached hydrogen (secondary N) is 2. The van der Waals surface area contributed by atoms with Crippen LogP contribution in [-0.2, 0) is 16.6 Å². The summed E-state index contributed by atoms with van der Waals surface area (Å²) in [4.78, 5) is 24.6. The van der Waals surface area contributed by atoms with E-state index in [1.807, 2.05) is 12.3 Å². The Morgan fingerprint density at radius 2 is 1.69 bits per heavy atom. The third-order valence-electron chi connectivity index (χ3n) is 10.5. The number of H-pyrrole nitrogens is 1. The fraction of sp³-hybridized carbons (Fsp3) is 0.400. The van der Waals surface area contributed by atoms with Gasteiger partial charge in [-0.2, -0.15) is 0 Å². The number of carbonyl (C=O) groups is 1. The molecule has 0 aliphatic carbocycles. The molecule has 0 spiro atoms. The van der Waals surface area contributed by atoms with Crippen LogP contribution in [0.1, 0.15) is 80.2 Å². The van der Waals surface area contributed by atoms with Gasteiger partial charge in [-0.05, 0) is 131 Å². The van der Waals surface area contributed by atoms with Crippen molar-refractivity contribution in [3.8, 4) is 11.3 Å². The van der Waals surface area contributed by atoms with E-state index in [0.29, 0.717) is 12.1 Å². The molecule has 5 nitrogen and oxygen atoms in total. The Balaban J connectivity index is 1.20. The molecule has 0 radical (unpaired) electrons. The minimum Gasteiger partial charge on any atom is -0.354 e. The van der Waals surface area contributed by atoms with Crippen LogP contribution in [0.2, 0.25) is 0 Å². The van der Waals surface area contributed by atoms with Crippen molar-refractivity contribution in [2.75, 3.05) is 13.1 Å². The van der Waals surface area contributed by atoms with Crippen molar-refractivity contribution in [1.82, 2.24) is 20.2 Å². The highest BCUT2D eigenvalue weighted by Crippen LogP contribution is 2.43. The van der Waals surface area contributed by atoms with E-state index < -0.39 is 5.41 Å². The molecule has 2 aliphatic heterocycles. The van der Waals surface area contributed by atoms with Crippen LogP contribution >= 0.6 is 0 Å². The highest BCUT2D eigenvalue weighted by molar-refractivity contribution is 5.95. The highest BCUT2D eigenvalue weighted by atomic mass is 16.2. The largest absolute Gasteiger partial charge is 0.354 e. The standard InChI is InChI=1S/C40H46N4O/c1-25-20-26(2)22-29(21-25)38-37(27(3)24-41-19-17-28-8-6-10-35-33(28)9-7-18-42-35)34-23-30(11-16-36(34)43-38)40(4,5)39(45)44-31-12-13-32(44)15-14-31/h6-11,16,18,20-23,27,31-32,41,43H,12-15,17,19,24H2,1-5H3/t27-,31?,32?/m1/s1. The van der Waals surface area contributed by atoms with Crippen LogP contribution in [-0.4, -0.2) is 45.9 Å². The summed E-state index contributed by atoms with van der Waals surface area (Å²) in [6, 6.07) is 24.9. The zero-order valence-corrected chi connectivity index (χ0v) is 27.4. The number of hydrogen-bond donors (Lipinski definition) is 2. The quantitative estimate of drug-likeness (QED) is 0.168. The topological polar surface area (TPSA) is 61.0 Å². The zero-order chi connectivity index (χ0) is 31.3. The van der Waals surface area contributed by atoms with Crippen LogP contribution in [0, 0.1) is 13.8 Å². The summed E-state index contributed by atoms with van der Waals surface area (Å²) in [6.07, 6.45) is 7.46. The first-order valence-corrected chi connectivity index (χ1v) is 16.8. The van der Waals surface area contributed by atoms with Gasteiger partial charge in [-0.1, -0.05) is 48.4 Å². The van der Waals surface area contributed by atoms with Gasteiger partial charge >= 0.3 is 0 Å². The third-order valence-corrected chi connectivity index (χ3v) is 10.5. The lowest BCUT2D eigenvalue weighted by molar-refractivity contribution is -0.137. The molecule has 2 saturated heterocycles. The Hall–Kier alpha value is -3.96. The summed E-state index contributed by atoms with van der Waals surface area (Å²) in [5, 5.41) is 6.23. The predicted octanol–water partition coefficient (Wildman–Crippen LogP) is 8.37. The number of amides is 1. The number of aromatic amines is 1. The van der Waals surface area contributed by atoms with E-state index in [2.05, 4.69) is 115 Å². The maximum absolute atomic E-state index is 14.1. The molecular formula is C40H46N4O. The van der Waals surface area contributed by atoms with Crippen molar-refractivity contribution in [3.63, 3.8) is 0 Å². The van der Waals surface area contributed by atoms with Gasteiger partial charge in [0.2, 0.25) is 5.91 Å². The highest BCUT2D eigenvalue weighted by Gasteiger charge is 2.47. The van der Waals surface area contributed by atoms with Crippen LogP contribution < -0.4 is 5.32 Å². The Morgan fingerprint density at radius 3 is 2.42 bits per heavy atom. The van der Waals surface area contributed by atoms with E-state index in [1.54, 1.807) is 0 Å². The van der Waals surface area contributed by atoms with Crippen LogP contribution in [0.5, 0.6) is 0 Å². The Bertz CT molecular complexity index is 1840. The lowest BCUT2D eigenvalue weighted by Gasteiger charge is -2.33. The number of hydrogen-bond acceptors (Lipinski definition) is 3. The van der Waals surface area contributed by atoms with Gasteiger partial charge in [-0.15, -0.1) is 0 Å². The third kappa shape index (κ3) is 5.46. The van der Waals surface area contributed by atoms with Crippen molar-refractivity contribution < 1.29 is 4.79 Å². The van der Waals surface area contributed by atoms with Crippen LogP contribution in [0.15, 0.2) is 72.9 Å². The van der Waals surface area contributed by atoms with Crippen molar-refractivity contribution >= 4 is 27.7 Å².